The van der Waals surface area contributed by atoms with E-state index in [-0.39, 0.29) is 5.91 Å². The largest absolute Gasteiger partial charge is 0.459 e. The smallest absolute Gasteiger partial charge is 0.289 e. The van der Waals surface area contributed by atoms with Gasteiger partial charge in [-0.2, -0.15) is 4.31 Å². The van der Waals surface area contributed by atoms with Crippen LogP contribution in [-0.2, 0) is 10.0 Å². The van der Waals surface area contributed by atoms with Crippen molar-refractivity contribution in [2.24, 2.45) is 5.92 Å². The van der Waals surface area contributed by atoms with E-state index in [1.54, 1.807) is 39.5 Å². The molecule has 2 aromatic heterocycles. The first-order chi connectivity index (χ1) is 15.9. The number of pyridine rings is 1. The maximum atomic E-state index is 13.1. The van der Waals surface area contributed by atoms with E-state index in [0.29, 0.717) is 55.8 Å². The Labute approximate surface area is 193 Å². The number of carbonyl (C=O) groups is 1. The molecule has 3 aromatic rings. The van der Waals surface area contributed by atoms with Crippen LogP contribution in [-0.4, -0.2) is 67.8 Å². The van der Waals surface area contributed by atoms with Crippen molar-refractivity contribution in [1.82, 2.24) is 14.2 Å². The van der Waals surface area contributed by atoms with Crippen LogP contribution in [0.4, 0.5) is 5.82 Å². The number of nitrogens with zero attached hydrogens (tertiary/aromatic N) is 4. The highest BCUT2D eigenvalue weighted by molar-refractivity contribution is 7.89. The Kier molecular flexibility index (Phi) is 5.84. The van der Waals surface area contributed by atoms with Crippen molar-refractivity contribution < 1.29 is 17.6 Å². The van der Waals surface area contributed by atoms with Crippen molar-refractivity contribution in [2.75, 3.05) is 44.2 Å². The number of piperidine rings is 1. The molecule has 2 aliphatic rings. The number of hydrogen-bond donors (Lipinski definition) is 0. The van der Waals surface area contributed by atoms with Crippen molar-refractivity contribution in [3.05, 3.63) is 54.5 Å². The van der Waals surface area contributed by atoms with E-state index >= 15 is 0 Å². The number of hydrogen-bond acceptors (Lipinski definition) is 6. The van der Waals surface area contributed by atoms with Crippen LogP contribution in [0, 0.1) is 5.92 Å². The van der Waals surface area contributed by atoms with Gasteiger partial charge in [-0.25, -0.2) is 13.4 Å². The van der Waals surface area contributed by atoms with Gasteiger partial charge in [0.2, 0.25) is 10.0 Å². The van der Waals surface area contributed by atoms with Gasteiger partial charge in [0.05, 0.1) is 16.7 Å². The average Bonchev–Trinajstić information content (AvgIpc) is 3.38. The molecule has 8 nitrogen and oxygen atoms in total. The number of carbonyl (C=O) groups excluding carboxylic acids is 1. The third kappa shape index (κ3) is 4.35. The third-order valence-electron chi connectivity index (χ3n) is 6.65. The summed E-state index contributed by atoms with van der Waals surface area (Å²) in [6.45, 7) is 5.84. The van der Waals surface area contributed by atoms with Gasteiger partial charge in [-0.15, -0.1) is 0 Å². The molecule has 2 aliphatic heterocycles. The fourth-order valence-corrected chi connectivity index (χ4v) is 6.00. The molecular formula is C24H28N4O4S. The topological polar surface area (TPSA) is 87.0 Å². The predicted octanol–water partition coefficient (Wildman–Crippen LogP) is 3.21. The van der Waals surface area contributed by atoms with Crippen LogP contribution in [0.15, 0.2) is 58.0 Å². The first-order valence-corrected chi connectivity index (χ1v) is 12.8. The minimum atomic E-state index is -3.49. The van der Waals surface area contributed by atoms with Crippen LogP contribution in [0.5, 0.6) is 0 Å². The molecule has 0 spiro atoms. The first kappa shape index (κ1) is 21.9. The Morgan fingerprint density at radius 3 is 2.45 bits per heavy atom. The lowest BCUT2D eigenvalue weighted by molar-refractivity contribution is 0.0714. The van der Waals surface area contributed by atoms with Crippen LogP contribution in [0.2, 0.25) is 0 Å². The summed E-state index contributed by atoms with van der Waals surface area (Å²) in [6, 6.07) is 12.4. The Morgan fingerprint density at radius 1 is 1.00 bits per heavy atom. The van der Waals surface area contributed by atoms with Gasteiger partial charge in [-0.1, -0.05) is 6.92 Å². The fourth-order valence-electron chi connectivity index (χ4n) is 4.50. The van der Waals surface area contributed by atoms with Gasteiger partial charge in [0.1, 0.15) is 5.82 Å². The number of amides is 1. The van der Waals surface area contributed by atoms with Crippen LogP contribution < -0.4 is 4.90 Å². The SMILES string of the molecule is CC1CCN(S(=O)(=O)c2ccc3nc(N4CCN(C(=O)c5ccco5)CC4)ccc3c2)CC1. The summed E-state index contributed by atoms with van der Waals surface area (Å²) < 4.78 is 33.0. The molecule has 2 saturated heterocycles. The van der Waals surface area contributed by atoms with E-state index in [0.717, 1.165) is 29.6 Å². The molecule has 5 rings (SSSR count). The van der Waals surface area contributed by atoms with Crippen molar-refractivity contribution >= 4 is 32.7 Å². The number of anilines is 1. The number of benzene rings is 1. The van der Waals surface area contributed by atoms with Gasteiger partial charge in [0.15, 0.2) is 5.76 Å². The number of piperazine rings is 1. The number of fused-ring (bicyclic) bond motifs is 1. The molecule has 0 radical (unpaired) electrons. The number of aromatic nitrogens is 1. The molecule has 4 heterocycles. The lowest BCUT2D eigenvalue weighted by Gasteiger charge is -2.35. The van der Waals surface area contributed by atoms with Gasteiger partial charge in [-0.05, 0) is 61.2 Å². The minimum Gasteiger partial charge on any atom is -0.459 e. The summed E-state index contributed by atoms with van der Waals surface area (Å²) in [5, 5.41) is 0.803. The van der Waals surface area contributed by atoms with Gasteiger partial charge < -0.3 is 14.2 Å². The lowest BCUT2D eigenvalue weighted by atomic mass is 10.0. The quantitative estimate of drug-likeness (QED) is 0.584. The van der Waals surface area contributed by atoms with Crippen molar-refractivity contribution in [2.45, 2.75) is 24.7 Å². The summed E-state index contributed by atoms with van der Waals surface area (Å²) in [6.07, 6.45) is 3.31. The van der Waals surface area contributed by atoms with Gasteiger partial charge >= 0.3 is 0 Å². The Balaban J connectivity index is 1.29. The highest BCUT2D eigenvalue weighted by Crippen LogP contribution is 2.27. The zero-order valence-corrected chi connectivity index (χ0v) is 19.5. The van der Waals surface area contributed by atoms with E-state index in [2.05, 4.69) is 11.8 Å². The number of rotatable bonds is 4. The molecule has 0 aliphatic carbocycles. The average molecular weight is 469 g/mol. The minimum absolute atomic E-state index is 0.0944. The van der Waals surface area contributed by atoms with Crippen LogP contribution >= 0.6 is 0 Å². The van der Waals surface area contributed by atoms with E-state index in [1.165, 1.54) is 6.26 Å². The summed E-state index contributed by atoms with van der Waals surface area (Å²) >= 11 is 0. The number of furan rings is 1. The normalized spacial score (nSPS) is 18.7. The molecule has 174 valence electrons. The zero-order chi connectivity index (χ0) is 23.0. The van der Waals surface area contributed by atoms with Crippen molar-refractivity contribution in [1.29, 1.82) is 0 Å². The van der Waals surface area contributed by atoms with Crippen LogP contribution in [0.3, 0.4) is 0 Å². The summed E-state index contributed by atoms with van der Waals surface area (Å²) in [5.74, 6) is 1.66. The zero-order valence-electron chi connectivity index (χ0n) is 18.7. The number of sulfonamides is 1. The van der Waals surface area contributed by atoms with E-state index < -0.39 is 10.0 Å². The molecule has 0 saturated carbocycles. The fraction of sp³-hybridized carbons (Fsp3) is 0.417. The van der Waals surface area contributed by atoms with Gasteiger partial charge in [-0.3, -0.25) is 4.79 Å². The highest BCUT2D eigenvalue weighted by Gasteiger charge is 2.28. The molecule has 1 aromatic carbocycles. The van der Waals surface area contributed by atoms with Gasteiger partial charge in [0.25, 0.3) is 5.91 Å². The monoisotopic (exact) mass is 468 g/mol. The molecule has 0 N–H and O–H groups in total. The van der Waals surface area contributed by atoms with Crippen molar-refractivity contribution in [3.63, 3.8) is 0 Å². The summed E-state index contributed by atoms with van der Waals surface area (Å²) in [4.78, 5) is 21.5. The molecule has 33 heavy (non-hydrogen) atoms. The Bertz CT molecular complexity index is 1240. The lowest BCUT2D eigenvalue weighted by Crippen LogP contribution is -2.49. The van der Waals surface area contributed by atoms with Gasteiger partial charge in [0, 0.05) is 44.7 Å². The molecule has 0 unspecified atom stereocenters. The molecule has 0 atom stereocenters. The summed E-state index contributed by atoms with van der Waals surface area (Å²) in [7, 11) is -3.49. The molecule has 1 amide bonds. The second-order valence-corrected chi connectivity index (χ2v) is 10.8. The second-order valence-electron chi connectivity index (χ2n) is 8.87. The molecular weight excluding hydrogens is 440 g/mol. The standard InChI is InChI=1S/C24H28N4O4S/c1-18-8-10-28(11-9-18)33(30,31)20-5-6-21-19(17-20)4-7-23(25-21)26-12-14-27(15-13-26)24(29)22-3-2-16-32-22/h2-7,16-18H,8-15H2,1H3. The molecule has 9 heteroatoms. The maximum absolute atomic E-state index is 13.1. The van der Waals surface area contributed by atoms with Crippen LogP contribution in [0.1, 0.15) is 30.3 Å². The maximum Gasteiger partial charge on any atom is 0.289 e. The second kappa shape index (κ2) is 8.79. The van der Waals surface area contributed by atoms with E-state index in [4.69, 9.17) is 9.40 Å². The first-order valence-electron chi connectivity index (χ1n) is 11.4. The Morgan fingerprint density at radius 2 is 1.76 bits per heavy atom. The molecule has 2 fully saturated rings. The predicted molar refractivity (Wildman–Crippen MR) is 126 cm³/mol. The van der Waals surface area contributed by atoms with E-state index in [1.807, 2.05) is 12.1 Å². The van der Waals surface area contributed by atoms with Crippen molar-refractivity contribution in [3.8, 4) is 0 Å². The highest BCUT2D eigenvalue weighted by atomic mass is 32.2. The Hall–Kier alpha value is -2.91. The summed E-state index contributed by atoms with van der Waals surface area (Å²) in [5.41, 5.74) is 0.757. The third-order valence-corrected chi connectivity index (χ3v) is 8.54. The van der Waals surface area contributed by atoms with Crippen LogP contribution in [0.25, 0.3) is 10.9 Å². The molecule has 0 bridgehead atoms. The van der Waals surface area contributed by atoms with E-state index in [9.17, 15) is 13.2 Å².